The first-order valence-corrected chi connectivity index (χ1v) is 10.1. The first kappa shape index (κ1) is 23.9. The van der Waals surface area contributed by atoms with E-state index >= 15 is 0 Å². The highest BCUT2D eigenvalue weighted by atomic mass is 16.7. The van der Waals surface area contributed by atoms with E-state index < -0.39 is 37.3 Å². The van der Waals surface area contributed by atoms with Gasteiger partial charge in [0, 0.05) is 6.04 Å². The molecule has 0 aliphatic carbocycles. The maximum absolute atomic E-state index is 10.2. The molecule has 0 saturated carbocycles. The van der Waals surface area contributed by atoms with Gasteiger partial charge in [-0.2, -0.15) is 0 Å². The van der Waals surface area contributed by atoms with Crippen LogP contribution < -0.4 is 10.1 Å². The SMILES string of the molecule is CCC(C)(C)OCc1ccc(OC2OC(CO)C(O)C(O)C2O)c(NC(C)C)c1. The summed E-state index contributed by atoms with van der Waals surface area (Å²) in [4.78, 5) is 0. The van der Waals surface area contributed by atoms with Gasteiger partial charge in [0.2, 0.25) is 6.29 Å². The molecule has 5 N–H and O–H groups in total. The van der Waals surface area contributed by atoms with Crippen LogP contribution in [-0.4, -0.2) is 69.4 Å². The van der Waals surface area contributed by atoms with Gasteiger partial charge in [0.1, 0.15) is 30.2 Å². The molecule has 1 fully saturated rings. The van der Waals surface area contributed by atoms with Gasteiger partial charge in [0.05, 0.1) is 24.5 Å². The summed E-state index contributed by atoms with van der Waals surface area (Å²) in [5.74, 6) is 0.418. The molecule has 2 rings (SSSR count). The van der Waals surface area contributed by atoms with Crippen molar-refractivity contribution in [1.29, 1.82) is 0 Å². The first-order valence-electron chi connectivity index (χ1n) is 10.1. The minimum Gasteiger partial charge on any atom is -0.460 e. The van der Waals surface area contributed by atoms with Crippen LogP contribution >= 0.6 is 0 Å². The molecule has 0 bridgehead atoms. The summed E-state index contributed by atoms with van der Waals surface area (Å²) >= 11 is 0. The molecule has 1 aliphatic rings. The summed E-state index contributed by atoms with van der Waals surface area (Å²) in [5, 5.41) is 42.8. The monoisotopic (exact) mass is 413 g/mol. The van der Waals surface area contributed by atoms with E-state index in [1.165, 1.54) is 0 Å². The lowest BCUT2D eigenvalue weighted by atomic mass is 9.99. The second kappa shape index (κ2) is 10.1. The maximum atomic E-state index is 10.2. The molecule has 166 valence electrons. The van der Waals surface area contributed by atoms with Gasteiger partial charge in [-0.1, -0.05) is 13.0 Å². The predicted octanol–water partition coefficient (Wildman–Crippen LogP) is 1.39. The van der Waals surface area contributed by atoms with Gasteiger partial charge >= 0.3 is 0 Å². The van der Waals surface area contributed by atoms with Crippen LogP contribution in [0.4, 0.5) is 5.69 Å². The molecule has 8 heteroatoms. The van der Waals surface area contributed by atoms with Crippen molar-refractivity contribution in [3.8, 4) is 5.75 Å². The number of hydrogen-bond donors (Lipinski definition) is 5. The number of rotatable bonds is 9. The number of aliphatic hydroxyl groups is 4. The lowest BCUT2D eigenvalue weighted by molar-refractivity contribution is -0.277. The molecule has 0 spiro atoms. The van der Waals surface area contributed by atoms with Gasteiger partial charge in [0.25, 0.3) is 0 Å². The van der Waals surface area contributed by atoms with Crippen molar-refractivity contribution in [3.63, 3.8) is 0 Å². The van der Waals surface area contributed by atoms with Crippen LogP contribution in [-0.2, 0) is 16.1 Å². The minimum absolute atomic E-state index is 0.121. The van der Waals surface area contributed by atoms with Gasteiger partial charge in [-0.15, -0.1) is 0 Å². The summed E-state index contributed by atoms with van der Waals surface area (Å²) in [7, 11) is 0. The number of anilines is 1. The molecule has 8 nitrogen and oxygen atoms in total. The molecule has 1 aromatic rings. The Balaban J connectivity index is 2.20. The Bertz CT molecular complexity index is 650. The zero-order valence-corrected chi connectivity index (χ0v) is 17.8. The molecular weight excluding hydrogens is 378 g/mol. The largest absolute Gasteiger partial charge is 0.460 e. The van der Waals surface area contributed by atoms with E-state index in [-0.39, 0.29) is 11.6 Å². The maximum Gasteiger partial charge on any atom is 0.229 e. The summed E-state index contributed by atoms with van der Waals surface area (Å²) in [6, 6.07) is 5.63. The fraction of sp³-hybridized carbons (Fsp3) is 0.714. The first-order chi connectivity index (χ1) is 13.6. The Morgan fingerprint density at radius 1 is 1.14 bits per heavy atom. The number of ether oxygens (including phenoxy) is 3. The van der Waals surface area contributed by atoms with Gasteiger partial charge in [-0.3, -0.25) is 0 Å². The molecule has 5 atom stereocenters. The third-order valence-electron chi connectivity index (χ3n) is 5.06. The van der Waals surface area contributed by atoms with E-state index in [9.17, 15) is 20.4 Å². The molecule has 1 aliphatic heterocycles. The summed E-state index contributed by atoms with van der Waals surface area (Å²) in [6.07, 6.45) is -5.75. The van der Waals surface area contributed by atoms with Gasteiger partial charge in [-0.25, -0.2) is 0 Å². The van der Waals surface area contributed by atoms with Crippen LogP contribution in [0.3, 0.4) is 0 Å². The van der Waals surface area contributed by atoms with Crippen molar-refractivity contribution in [2.24, 2.45) is 0 Å². The molecule has 0 aromatic heterocycles. The number of nitrogens with one attached hydrogen (secondary N) is 1. The molecule has 29 heavy (non-hydrogen) atoms. The lowest BCUT2D eigenvalue weighted by Gasteiger charge is -2.39. The zero-order valence-electron chi connectivity index (χ0n) is 17.8. The van der Waals surface area contributed by atoms with Crippen molar-refractivity contribution in [2.75, 3.05) is 11.9 Å². The molecule has 0 radical (unpaired) electrons. The fourth-order valence-corrected chi connectivity index (χ4v) is 2.86. The smallest absolute Gasteiger partial charge is 0.229 e. The summed E-state index contributed by atoms with van der Waals surface area (Å²) < 4.78 is 17.2. The quantitative estimate of drug-likeness (QED) is 0.412. The third kappa shape index (κ3) is 6.28. The summed E-state index contributed by atoms with van der Waals surface area (Å²) in [6.45, 7) is 10.1. The van der Waals surface area contributed by atoms with Gasteiger partial charge in [0.15, 0.2) is 0 Å². The molecule has 5 unspecified atom stereocenters. The Labute approximate surface area is 172 Å². The van der Waals surface area contributed by atoms with E-state index in [1.807, 2.05) is 39.8 Å². The van der Waals surface area contributed by atoms with E-state index in [4.69, 9.17) is 14.2 Å². The van der Waals surface area contributed by atoms with Gasteiger partial charge < -0.3 is 40.0 Å². The van der Waals surface area contributed by atoms with E-state index in [0.29, 0.717) is 18.0 Å². The van der Waals surface area contributed by atoms with Crippen LogP contribution in [0.5, 0.6) is 5.75 Å². The normalized spacial score (nSPS) is 27.9. The van der Waals surface area contributed by atoms with Crippen LogP contribution in [0.15, 0.2) is 18.2 Å². The third-order valence-corrected chi connectivity index (χ3v) is 5.06. The van der Waals surface area contributed by atoms with Crippen LogP contribution in [0.25, 0.3) is 0 Å². The second-order valence-electron chi connectivity index (χ2n) is 8.35. The molecular formula is C21H35NO7. The highest BCUT2D eigenvalue weighted by molar-refractivity contribution is 5.58. The van der Waals surface area contributed by atoms with Gasteiger partial charge in [-0.05, 0) is 51.8 Å². The Morgan fingerprint density at radius 3 is 2.41 bits per heavy atom. The van der Waals surface area contributed by atoms with E-state index in [2.05, 4.69) is 12.2 Å². The molecule has 1 heterocycles. The number of hydrogen-bond acceptors (Lipinski definition) is 8. The van der Waals surface area contributed by atoms with Crippen molar-refractivity contribution in [3.05, 3.63) is 23.8 Å². The highest BCUT2D eigenvalue weighted by Crippen LogP contribution is 2.31. The Morgan fingerprint density at radius 2 is 1.83 bits per heavy atom. The molecule has 0 amide bonds. The molecule has 1 aromatic carbocycles. The second-order valence-corrected chi connectivity index (χ2v) is 8.35. The van der Waals surface area contributed by atoms with Crippen LogP contribution in [0.1, 0.15) is 46.6 Å². The lowest BCUT2D eigenvalue weighted by Crippen LogP contribution is -2.60. The number of aliphatic hydroxyl groups excluding tert-OH is 4. The van der Waals surface area contributed by atoms with Crippen molar-refractivity contribution < 1.29 is 34.6 Å². The standard InChI is InChI=1S/C21H35NO7/c1-6-21(4,5)27-11-13-7-8-15(14(9-13)22-12(2)3)28-20-19(26)18(25)17(24)16(10-23)29-20/h7-9,12,16-20,22-26H,6,10-11H2,1-5H3. The van der Waals surface area contributed by atoms with Crippen molar-refractivity contribution in [1.82, 2.24) is 0 Å². The predicted molar refractivity (Wildman–Crippen MR) is 109 cm³/mol. The van der Waals surface area contributed by atoms with E-state index in [1.54, 1.807) is 6.07 Å². The minimum atomic E-state index is -1.49. The van der Waals surface area contributed by atoms with Crippen LogP contribution in [0.2, 0.25) is 0 Å². The highest BCUT2D eigenvalue weighted by Gasteiger charge is 2.44. The van der Waals surface area contributed by atoms with E-state index in [0.717, 1.165) is 12.0 Å². The average molecular weight is 414 g/mol. The van der Waals surface area contributed by atoms with Crippen molar-refractivity contribution >= 4 is 5.69 Å². The Kier molecular flexibility index (Phi) is 8.28. The fourth-order valence-electron chi connectivity index (χ4n) is 2.86. The summed E-state index contributed by atoms with van der Waals surface area (Å²) in [5.41, 5.74) is 1.42. The topological polar surface area (TPSA) is 121 Å². The molecule has 1 saturated heterocycles. The average Bonchev–Trinajstić information content (AvgIpc) is 2.68. The van der Waals surface area contributed by atoms with Crippen LogP contribution in [0, 0.1) is 0 Å². The zero-order chi connectivity index (χ0) is 21.8. The number of benzene rings is 1. The van der Waals surface area contributed by atoms with Crippen molar-refractivity contribution in [2.45, 2.75) is 90.0 Å². The Hall–Kier alpha value is -1.42.